The summed E-state index contributed by atoms with van der Waals surface area (Å²) in [6, 6.07) is 13.3. The third kappa shape index (κ3) is 3.18. The molecule has 0 bridgehead atoms. The van der Waals surface area contributed by atoms with E-state index in [-0.39, 0.29) is 12.1 Å². The van der Waals surface area contributed by atoms with Gasteiger partial charge in [-0.2, -0.15) is 0 Å². The summed E-state index contributed by atoms with van der Waals surface area (Å²) in [5, 5.41) is 1.75. The molecule has 2 saturated heterocycles. The lowest BCUT2D eigenvalue weighted by Gasteiger charge is -2.31. The molecule has 0 aliphatic carbocycles. The maximum absolute atomic E-state index is 5.50. The molecule has 28 heavy (non-hydrogen) atoms. The van der Waals surface area contributed by atoms with E-state index < -0.39 is 0 Å². The van der Waals surface area contributed by atoms with Crippen molar-refractivity contribution in [1.29, 1.82) is 0 Å². The Morgan fingerprint density at radius 3 is 2.75 bits per heavy atom. The van der Waals surface area contributed by atoms with E-state index in [1.54, 1.807) is 0 Å². The van der Waals surface area contributed by atoms with Crippen LogP contribution in [0.1, 0.15) is 35.8 Å². The van der Waals surface area contributed by atoms with Gasteiger partial charge in [-0.05, 0) is 42.3 Å². The van der Waals surface area contributed by atoms with Crippen LogP contribution in [0.5, 0.6) is 0 Å². The standard InChI is InChI=1S/C22H26N4OS/c1-15-13-17(25-9-11-27-12-10-25)6-7-18(15)21-20(19-5-3-4-8-23-19)24-22-26(21)14-16(2)28-22/h3-8,13,16,20-21H,9-12,14H2,1-2H3/t16-,20-,21+/m0/s1. The molecule has 4 heterocycles. The van der Waals surface area contributed by atoms with Gasteiger partial charge in [0, 0.05) is 36.8 Å². The van der Waals surface area contributed by atoms with E-state index in [1.807, 2.05) is 24.0 Å². The molecule has 146 valence electrons. The number of nitrogens with zero attached hydrogens (tertiary/aromatic N) is 4. The topological polar surface area (TPSA) is 41.0 Å². The smallest absolute Gasteiger partial charge is 0.160 e. The average molecular weight is 395 g/mol. The summed E-state index contributed by atoms with van der Waals surface area (Å²) >= 11 is 1.89. The van der Waals surface area contributed by atoms with Gasteiger partial charge < -0.3 is 14.5 Å². The minimum absolute atomic E-state index is 0.0594. The molecule has 5 nitrogen and oxygen atoms in total. The summed E-state index contributed by atoms with van der Waals surface area (Å²) < 4.78 is 5.50. The van der Waals surface area contributed by atoms with Crippen molar-refractivity contribution in [3.8, 4) is 0 Å². The van der Waals surface area contributed by atoms with Gasteiger partial charge in [-0.1, -0.05) is 30.8 Å². The number of benzene rings is 1. The number of thioether (sulfide) groups is 1. The van der Waals surface area contributed by atoms with Crippen molar-refractivity contribution < 1.29 is 4.74 Å². The van der Waals surface area contributed by atoms with Gasteiger partial charge in [0.15, 0.2) is 5.17 Å². The summed E-state index contributed by atoms with van der Waals surface area (Å²) in [7, 11) is 0. The lowest BCUT2D eigenvalue weighted by atomic mass is 9.92. The predicted octanol–water partition coefficient (Wildman–Crippen LogP) is 3.82. The van der Waals surface area contributed by atoms with Crippen LogP contribution < -0.4 is 4.90 Å². The second kappa shape index (κ2) is 7.41. The number of aromatic nitrogens is 1. The fraction of sp³-hybridized carbons (Fsp3) is 0.455. The highest BCUT2D eigenvalue weighted by atomic mass is 32.2. The van der Waals surface area contributed by atoms with Gasteiger partial charge in [0.25, 0.3) is 0 Å². The van der Waals surface area contributed by atoms with Crippen LogP contribution >= 0.6 is 11.8 Å². The van der Waals surface area contributed by atoms with Crippen LogP contribution in [0, 0.1) is 6.92 Å². The van der Waals surface area contributed by atoms with E-state index in [0.29, 0.717) is 5.25 Å². The van der Waals surface area contributed by atoms with Crippen molar-refractivity contribution in [2.75, 3.05) is 37.7 Å². The molecule has 0 unspecified atom stereocenters. The van der Waals surface area contributed by atoms with Crippen molar-refractivity contribution >= 4 is 22.6 Å². The minimum Gasteiger partial charge on any atom is -0.378 e. The highest BCUT2D eigenvalue weighted by molar-refractivity contribution is 8.14. The molecule has 0 saturated carbocycles. The first kappa shape index (κ1) is 18.0. The molecule has 0 spiro atoms. The quantitative estimate of drug-likeness (QED) is 0.792. The first-order valence-electron chi connectivity index (χ1n) is 10.1. The van der Waals surface area contributed by atoms with Crippen LogP contribution in [0.3, 0.4) is 0 Å². The van der Waals surface area contributed by atoms with Crippen LogP contribution in [-0.4, -0.2) is 53.1 Å². The molecule has 1 aromatic heterocycles. The van der Waals surface area contributed by atoms with Crippen LogP contribution in [0.4, 0.5) is 5.69 Å². The Bertz CT molecular complexity index is 881. The number of aliphatic imine (C=N–C) groups is 1. The van der Waals surface area contributed by atoms with Crippen LogP contribution in [-0.2, 0) is 4.74 Å². The van der Waals surface area contributed by atoms with Gasteiger partial charge in [-0.3, -0.25) is 9.98 Å². The van der Waals surface area contributed by atoms with Crippen LogP contribution in [0.2, 0.25) is 0 Å². The Morgan fingerprint density at radius 2 is 2.00 bits per heavy atom. The number of morpholine rings is 1. The molecule has 3 aliphatic heterocycles. The van der Waals surface area contributed by atoms with Crippen LogP contribution in [0.15, 0.2) is 47.6 Å². The molecule has 0 radical (unpaired) electrons. The van der Waals surface area contributed by atoms with Gasteiger partial charge in [0.1, 0.15) is 6.04 Å². The molecule has 6 heteroatoms. The van der Waals surface area contributed by atoms with E-state index in [0.717, 1.165) is 38.5 Å². The fourth-order valence-corrected chi connectivity index (χ4v) is 5.56. The van der Waals surface area contributed by atoms with Gasteiger partial charge in [0.05, 0.1) is 24.9 Å². The molecule has 2 fully saturated rings. The summed E-state index contributed by atoms with van der Waals surface area (Å²) in [4.78, 5) is 14.6. The Labute approximate surface area is 170 Å². The number of fused-ring (bicyclic) bond motifs is 1. The molecule has 3 atom stereocenters. The molecule has 1 aromatic carbocycles. The number of aryl methyl sites for hydroxylation is 1. The first-order valence-corrected chi connectivity index (χ1v) is 10.9. The zero-order chi connectivity index (χ0) is 19.1. The summed E-state index contributed by atoms with van der Waals surface area (Å²) in [6.45, 7) is 9.11. The fourth-order valence-electron chi connectivity index (χ4n) is 4.46. The van der Waals surface area contributed by atoms with Gasteiger partial charge in [-0.25, -0.2) is 0 Å². The Balaban J connectivity index is 1.50. The number of rotatable bonds is 3. The molecule has 2 aromatic rings. The second-order valence-corrected chi connectivity index (χ2v) is 9.18. The SMILES string of the molecule is Cc1cc(N2CCOCC2)ccc1[C@@H]1[C@H](c2ccccn2)N=C2S[C@@H](C)CN21. The molecule has 0 N–H and O–H groups in total. The summed E-state index contributed by atoms with van der Waals surface area (Å²) in [5.74, 6) is 0. The van der Waals surface area contributed by atoms with Gasteiger partial charge in [-0.15, -0.1) is 0 Å². The number of hydrogen-bond donors (Lipinski definition) is 0. The van der Waals surface area contributed by atoms with Crippen molar-refractivity contribution in [2.45, 2.75) is 31.2 Å². The third-order valence-corrected chi connectivity index (χ3v) is 6.93. The number of ether oxygens (including phenoxy) is 1. The third-order valence-electron chi connectivity index (χ3n) is 5.83. The first-order chi connectivity index (χ1) is 13.7. The van der Waals surface area contributed by atoms with Crippen LogP contribution in [0.25, 0.3) is 0 Å². The Kier molecular flexibility index (Phi) is 4.77. The number of pyridine rings is 1. The van der Waals surface area contributed by atoms with E-state index in [4.69, 9.17) is 9.73 Å². The van der Waals surface area contributed by atoms with E-state index in [9.17, 15) is 0 Å². The van der Waals surface area contributed by atoms with Crippen molar-refractivity contribution in [1.82, 2.24) is 9.88 Å². The highest BCUT2D eigenvalue weighted by Gasteiger charge is 2.44. The zero-order valence-electron chi connectivity index (χ0n) is 16.4. The van der Waals surface area contributed by atoms with Crippen molar-refractivity contribution in [3.63, 3.8) is 0 Å². The van der Waals surface area contributed by atoms with E-state index in [1.165, 1.54) is 22.0 Å². The number of amidine groups is 1. The molecule has 3 aliphatic rings. The van der Waals surface area contributed by atoms with Gasteiger partial charge in [0.2, 0.25) is 0 Å². The molecule has 0 amide bonds. The van der Waals surface area contributed by atoms with Crippen molar-refractivity contribution in [3.05, 3.63) is 59.4 Å². The Morgan fingerprint density at radius 1 is 1.14 bits per heavy atom. The molecular weight excluding hydrogens is 368 g/mol. The lowest BCUT2D eigenvalue weighted by molar-refractivity contribution is 0.122. The second-order valence-electron chi connectivity index (χ2n) is 7.78. The highest BCUT2D eigenvalue weighted by Crippen LogP contribution is 2.48. The van der Waals surface area contributed by atoms with E-state index in [2.05, 4.69) is 59.0 Å². The average Bonchev–Trinajstić information content (AvgIpc) is 3.25. The number of anilines is 1. The van der Waals surface area contributed by atoms with Gasteiger partial charge >= 0.3 is 0 Å². The lowest BCUT2D eigenvalue weighted by Crippen LogP contribution is -2.36. The predicted molar refractivity (Wildman–Crippen MR) is 115 cm³/mol. The monoisotopic (exact) mass is 394 g/mol. The molecular formula is C22H26N4OS. The molecule has 5 rings (SSSR count). The van der Waals surface area contributed by atoms with Crippen molar-refractivity contribution in [2.24, 2.45) is 4.99 Å². The Hall–Kier alpha value is -2.05. The largest absolute Gasteiger partial charge is 0.378 e. The summed E-state index contributed by atoms with van der Waals surface area (Å²) in [5.41, 5.74) is 5.04. The maximum Gasteiger partial charge on any atom is 0.160 e. The number of hydrogen-bond acceptors (Lipinski definition) is 6. The normalized spacial score (nSPS) is 27.1. The maximum atomic E-state index is 5.50. The minimum atomic E-state index is 0.0594. The zero-order valence-corrected chi connectivity index (χ0v) is 17.2. The van der Waals surface area contributed by atoms with E-state index >= 15 is 0 Å². The summed E-state index contributed by atoms with van der Waals surface area (Å²) in [6.07, 6.45) is 1.88.